The molecule has 76 valence electrons. The van der Waals surface area contributed by atoms with Crippen molar-refractivity contribution in [2.24, 2.45) is 0 Å². The van der Waals surface area contributed by atoms with Gasteiger partial charge in [-0.25, -0.2) is 0 Å². The fourth-order valence-electron chi connectivity index (χ4n) is 1.32. The Morgan fingerprint density at radius 2 is 2.36 bits per heavy atom. The maximum atomic E-state index is 3.88. The van der Waals surface area contributed by atoms with Gasteiger partial charge in [0, 0.05) is 17.2 Å². The minimum absolute atomic E-state index is 0.837. The Bertz CT molecular complexity index is 302. The van der Waals surface area contributed by atoms with Crippen molar-refractivity contribution >= 4 is 31.9 Å². The number of rotatable bonds is 3. The predicted molar refractivity (Wildman–Crippen MR) is 69.3 cm³/mol. The molecule has 1 nitrogen and oxygen atoms in total. The van der Waals surface area contributed by atoms with Crippen LogP contribution in [0.25, 0.3) is 0 Å². The summed E-state index contributed by atoms with van der Waals surface area (Å²) in [6.45, 7) is 7.68. The molecule has 1 aliphatic heterocycles. The largest absolute Gasteiger partial charge is 0.312 e. The van der Waals surface area contributed by atoms with E-state index in [9.17, 15) is 0 Å². The van der Waals surface area contributed by atoms with E-state index in [2.05, 4.69) is 57.3 Å². The second-order valence-corrected chi connectivity index (χ2v) is 4.52. The SMILES string of the molecule is C=CC1=CCCC(CBr)=CN1C(=C)Br. The maximum absolute atomic E-state index is 3.88. The van der Waals surface area contributed by atoms with Crippen molar-refractivity contribution < 1.29 is 0 Å². The van der Waals surface area contributed by atoms with Gasteiger partial charge in [-0.3, -0.25) is 0 Å². The number of halogens is 2. The van der Waals surface area contributed by atoms with Gasteiger partial charge in [-0.15, -0.1) is 0 Å². The van der Waals surface area contributed by atoms with Crippen LogP contribution in [0.2, 0.25) is 0 Å². The first-order valence-corrected chi connectivity index (χ1v) is 6.32. The van der Waals surface area contributed by atoms with Crippen molar-refractivity contribution in [3.63, 3.8) is 0 Å². The van der Waals surface area contributed by atoms with Gasteiger partial charge < -0.3 is 4.90 Å². The normalized spacial score (nSPS) is 16.9. The molecule has 0 aromatic rings. The second kappa shape index (κ2) is 5.56. The van der Waals surface area contributed by atoms with Crippen LogP contribution in [0.3, 0.4) is 0 Å². The molecule has 1 rings (SSSR count). The summed E-state index contributed by atoms with van der Waals surface area (Å²) in [6.07, 6.45) is 8.26. The van der Waals surface area contributed by atoms with E-state index in [1.165, 1.54) is 5.57 Å². The average Bonchev–Trinajstić information content (AvgIpc) is 2.38. The zero-order chi connectivity index (χ0) is 10.6. The number of hydrogen-bond donors (Lipinski definition) is 0. The highest BCUT2D eigenvalue weighted by Gasteiger charge is 2.10. The van der Waals surface area contributed by atoms with Crippen molar-refractivity contribution in [1.29, 1.82) is 0 Å². The molecule has 0 aliphatic carbocycles. The van der Waals surface area contributed by atoms with E-state index < -0.39 is 0 Å². The molecular weight excluding hydrogens is 306 g/mol. The molecule has 1 aliphatic rings. The quantitative estimate of drug-likeness (QED) is 0.554. The molecular formula is C11H13Br2N. The van der Waals surface area contributed by atoms with Crippen molar-refractivity contribution in [3.05, 3.63) is 47.4 Å². The van der Waals surface area contributed by atoms with E-state index in [1.54, 1.807) is 0 Å². The summed E-state index contributed by atoms with van der Waals surface area (Å²) in [5.74, 6) is 0. The van der Waals surface area contributed by atoms with Crippen LogP contribution in [0.4, 0.5) is 0 Å². The zero-order valence-electron chi connectivity index (χ0n) is 7.97. The molecule has 0 unspecified atom stereocenters. The van der Waals surface area contributed by atoms with Gasteiger partial charge in [0.1, 0.15) is 0 Å². The molecule has 0 amide bonds. The monoisotopic (exact) mass is 317 g/mol. The van der Waals surface area contributed by atoms with Crippen LogP contribution >= 0.6 is 31.9 Å². The molecule has 0 bridgehead atoms. The molecule has 0 aromatic heterocycles. The minimum Gasteiger partial charge on any atom is -0.312 e. The Morgan fingerprint density at radius 1 is 1.64 bits per heavy atom. The first-order chi connectivity index (χ1) is 6.69. The highest BCUT2D eigenvalue weighted by atomic mass is 79.9. The van der Waals surface area contributed by atoms with Crippen molar-refractivity contribution in [3.8, 4) is 0 Å². The lowest BCUT2D eigenvalue weighted by atomic mass is 10.2. The summed E-state index contributed by atoms with van der Waals surface area (Å²) in [6, 6.07) is 0. The van der Waals surface area contributed by atoms with Gasteiger partial charge in [0.15, 0.2) is 0 Å². The third kappa shape index (κ3) is 2.85. The second-order valence-electron chi connectivity index (χ2n) is 3.04. The molecule has 0 fully saturated rings. The Labute approximate surface area is 102 Å². The molecule has 0 spiro atoms. The summed E-state index contributed by atoms with van der Waals surface area (Å²) in [5, 5.41) is 0.905. The fraction of sp³-hybridized carbons (Fsp3) is 0.273. The summed E-state index contributed by atoms with van der Waals surface area (Å²) < 4.78 is 0.837. The summed E-state index contributed by atoms with van der Waals surface area (Å²) in [7, 11) is 0. The van der Waals surface area contributed by atoms with Crippen molar-refractivity contribution in [1.82, 2.24) is 4.90 Å². The van der Waals surface area contributed by atoms with E-state index in [-0.39, 0.29) is 0 Å². The van der Waals surface area contributed by atoms with Gasteiger partial charge in [-0.1, -0.05) is 35.2 Å². The van der Waals surface area contributed by atoms with Crippen molar-refractivity contribution in [2.45, 2.75) is 12.8 Å². The Kier molecular flexibility index (Phi) is 4.69. The van der Waals surface area contributed by atoms with Gasteiger partial charge in [-0.2, -0.15) is 0 Å². The molecule has 0 saturated carbocycles. The molecule has 14 heavy (non-hydrogen) atoms. The minimum atomic E-state index is 0.837. The van der Waals surface area contributed by atoms with E-state index in [1.807, 2.05) is 11.0 Å². The van der Waals surface area contributed by atoms with E-state index in [0.29, 0.717) is 0 Å². The van der Waals surface area contributed by atoms with Crippen LogP contribution in [-0.2, 0) is 0 Å². The van der Waals surface area contributed by atoms with Gasteiger partial charge in [0.25, 0.3) is 0 Å². The van der Waals surface area contributed by atoms with Crippen LogP contribution in [-0.4, -0.2) is 10.2 Å². The standard InChI is InChI=1S/C11H13Br2N/c1-3-11-6-4-5-10(7-12)8-14(11)9(2)13/h3,6,8H,1-2,4-5,7H2. The van der Waals surface area contributed by atoms with Crippen LogP contribution in [0.1, 0.15) is 12.8 Å². The van der Waals surface area contributed by atoms with Crippen LogP contribution < -0.4 is 0 Å². The third-order valence-corrected chi connectivity index (χ3v) is 3.15. The first kappa shape index (κ1) is 11.8. The van der Waals surface area contributed by atoms with Gasteiger partial charge in [0.05, 0.1) is 4.61 Å². The molecule has 0 saturated heterocycles. The van der Waals surface area contributed by atoms with Crippen molar-refractivity contribution in [2.75, 3.05) is 5.33 Å². The van der Waals surface area contributed by atoms with E-state index >= 15 is 0 Å². The molecule has 0 atom stereocenters. The molecule has 0 radical (unpaired) electrons. The fourth-order valence-corrected chi connectivity index (χ4v) is 2.05. The van der Waals surface area contributed by atoms with Crippen LogP contribution in [0.15, 0.2) is 47.4 Å². The maximum Gasteiger partial charge on any atom is 0.0818 e. The molecule has 1 heterocycles. The highest BCUT2D eigenvalue weighted by Crippen LogP contribution is 2.25. The number of allylic oxidation sites excluding steroid dienone is 3. The topological polar surface area (TPSA) is 3.24 Å². The lowest BCUT2D eigenvalue weighted by Crippen LogP contribution is -2.10. The highest BCUT2D eigenvalue weighted by molar-refractivity contribution is 9.11. The zero-order valence-corrected chi connectivity index (χ0v) is 11.1. The lowest BCUT2D eigenvalue weighted by Gasteiger charge is -2.19. The van der Waals surface area contributed by atoms with E-state index in [0.717, 1.165) is 28.5 Å². The molecule has 0 N–H and O–H groups in total. The van der Waals surface area contributed by atoms with Gasteiger partial charge >= 0.3 is 0 Å². The number of hydrogen-bond acceptors (Lipinski definition) is 1. The average molecular weight is 319 g/mol. The molecule has 0 aromatic carbocycles. The third-order valence-electron chi connectivity index (χ3n) is 2.05. The Hall–Kier alpha value is -0.280. The number of nitrogens with zero attached hydrogens (tertiary/aromatic N) is 1. The van der Waals surface area contributed by atoms with Crippen LogP contribution in [0, 0.1) is 0 Å². The van der Waals surface area contributed by atoms with Gasteiger partial charge in [0.2, 0.25) is 0 Å². The molecule has 3 heteroatoms. The summed E-state index contributed by atoms with van der Waals surface area (Å²) in [4.78, 5) is 2.01. The number of alkyl halides is 1. The van der Waals surface area contributed by atoms with Gasteiger partial charge in [-0.05, 0) is 40.4 Å². The summed E-state index contributed by atoms with van der Waals surface area (Å²) >= 11 is 6.87. The smallest absolute Gasteiger partial charge is 0.0818 e. The first-order valence-electron chi connectivity index (χ1n) is 4.40. The lowest BCUT2D eigenvalue weighted by molar-refractivity contribution is 0.638. The predicted octanol–water partition coefficient (Wildman–Crippen LogP) is 4.30. The van der Waals surface area contributed by atoms with E-state index in [4.69, 9.17) is 0 Å². The summed E-state index contributed by atoms with van der Waals surface area (Å²) in [5.41, 5.74) is 2.45. The Balaban J connectivity index is 2.99. The van der Waals surface area contributed by atoms with Crippen LogP contribution in [0.5, 0.6) is 0 Å². The Morgan fingerprint density at radius 3 is 2.86 bits per heavy atom.